The summed E-state index contributed by atoms with van der Waals surface area (Å²) >= 11 is 0. The lowest BCUT2D eigenvalue weighted by Crippen LogP contribution is -2.31. The smallest absolute Gasteiger partial charge is 0.359 e. The zero-order valence-corrected chi connectivity index (χ0v) is 21.3. The van der Waals surface area contributed by atoms with Crippen molar-refractivity contribution in [3.63, 3.8) is 0 Å². The van der Waals surface area contributed by atoms with Crippen molar-refractivity contribution in [1.82, 2.24) is 4.57 Å². The quantitative estimate of drug-likeness (QED) is 0.214. The highest BCUT2D eigenvalue weighted by Crippen LogP contribution is 2.21. The van der Waals surface area contributed by atoms with Crippen LogP contribution in [0.5, 0.6) is 5.75 Å². The fraction of sp³-hybridized carbons (Fsp3) is 0.500. The molecule has 0 aliphatic rings. The molecule has 0 atom stereocenters. The molecule has 1 aromatic carbocycles. The third-order valence-corrected chi connectivity index (χ3v) is 5.46. The average Bonchev–Trinajstić information content (AvgIpc) is 2.83. The van der Waals surface area contributed by atoms with Gasteiger partial charge in [0.25, 0.3) is 0 Å². The molecule has 0 bridgehead atoms. The molecule has 0 radical (unpaired) electrons. The standard InChI is InChI=1S/C26H33F2NO7/c1-6-35-26(32)23-25(36-12-11-16(2)3)24(31)19(14-29(23)15-22(33-4)34-5)21(30)10-8-17-7-9-18(27)13-20(17)28/h7,9,13-14,16,22H,6,8,10-12,15H2,1-5H3. The summed E-state index contributed by atoms with van der Waals surface area (Å²) in [5.74, 6) is -2.94. The van der Waals surface area contributed by atoms with Crippen molar-refractivity contribution in [3.8, 4) is 5.75 Å². The second kappa shape index (κ2) is 13.8. The van der Waals surface area contributed by atoms with Crippen molar-refractivity contribution in [3.05, 3.63) is 63.1 Å². The second-order valence-electron chi connectivity index (χ2n) is 8.51. The molecule has 0 aliphatic heterocycles. The number of rotatable bonds is 14. The number of ketones is 1. The molecule has 0 N–H and O–H groups in total. The maximum absolute atomic E-state index is 14.0. The fourth-order valence-corrected chi connectivity index (χ4v) is 3.44. The van der Waals surface area contributed by atoms with Crippen LogP contribution in [0, 0.1) is 17.6 Å². The van der Waals surface area contributed by atoms with Gasteiger partial charge in [0.05, 0.1) is 25.3 Å². The van der Waals surface area contributed by atoms with Gasteiger partial charge < -0.3 is 23.5 Å². The highest BCUT2D eigenvalue weighted by Gasteiger charge is 2.28. The number of carbonyl (C=O) groups is 2. The van der Waals surface area contributed by atoms with Crippen LogP contribution in [0.4, 0.5) is 8.78 Å². The van der Waals surface area contributed by atoms with Crippen molar-refractivity contribution in [1.29, 1.82) is 0 Å². The van der Waals surface area contributed by atoms with Crippen molar-refractivity contribution in [2.45, 2.75) is 52.9 Å². The van der Waals surface area contributed by atoms with Crippen LogP contribution < -0.4 is 10.2 Å². The molecule has 36 heavy (non-hydrogen) atoms. The highest BCUT2D eigenvalue weighted by molar-refractivity contribution is 5.98. The lowest BCUT2D eigenvalue weighted by Gasteiger charge is -2.21. The van der Waals surface area contributed by atoms with E-state index in [9.17, 15) is 23.2 Å². The van der Waals surface area contributed by atoms with Gasteiger partial charge in [0.15, 0.2) is 23.5 Å². The van der Waals surface area contributed by atoms with Gasteiger partial charge in [-0.1, -0.05) is 19.9 Å². The topological polar surface area (TPSA) is 93.1 Å². The van der Waals surface area contributed by atoms with E-state index in [1.165, 1.54) is 31.0 Å². The fourth-order valence-electron chi connectivity index (χ4n) is 3.44. The lowest BCUT2D eigenvalue weighted by molar-refractivity contribution is -0.111. The normalized spacial score (nSPS) is 11.2. The molecule has 0 fully saturated rings. The van der Waals surface area contributed by atoms with Gasteiger partial charge in [-0.2, -0.15) is 0 Å². The first-order chi connectivity index (χ1) is 17.1. The van der Waals surface area contributed by atoms with Gasteiger partial charge in [-0.3, -0.25) is 9.59 Å². The third kappa shape index (κ3) is 7.69. The Morgan fingerprint density at radius 3 is 2.39 bits per heavy atom. The molecule has 2 rings (SSSR count). The third-order valence-electron chi connectivity index (χ3n) is 5.46. The molecular weight excluding hydrogens is 476 g/mol. The summed E-state index contributed by atoms with van der Waals surface area (Å²) < 4.78 is 50.0. The molecule has 0 unspecified atom stereocenters. The predicted octanol–water partition coefficient (Wildman–Crippen LogP) is 4.16. The number of aryl methyl sites for hydroxylation is 1. The summed E-state index contributed by atoms with van der Waals surface area (Å²) in [5.41, 5.74) is -1.03. The molecule has 198 valence electrons. The van der Waals surface area contributed by atoms with Crippen LogP contribution in [0.3, 0.4) is 0 Å². The lowest BCUT2D eigenvalue weighted by atomic mass is 10.0. The minimum Gasteiger partial charge on any atom is -0.487 e. The Kier molecular flexibility index (Phi) is 11.2. The van der Waals surface area contributed by atoms with Crippen LogP contribution in [-0.4, -0.2) is 50.0 Å². The Bertz CT molecular complexity index is 1110. The Labute approximate surface area is 209 Å². The Hall–Kier alpha value is -3.11. The van der Waals surface area contributed by atoms with Crippen LogP contribution in [0.15, 0.2) is 29.2 Å². The second-order valence-corrected chi connectivity index (χ2v) is 8.51. The monoisotopic (exact) mass is 509 g/mol. The molecule has 1 aromatic heterocycles. The maximum atomic E-state index is 14.0. The van der Waals surface area contributed by atoms with Crippen molar-refractivity contribution in [2.75, 3.05) is 27.4 Å². The van der Waals surface area contributed by atoms with Gasteiger partial charge in [-0.15, -0.1) is 0 Å². The number of esters is 1. The molecule has 0 saturated carbocycles. The van der Waals surface area contributed by atoms with E-state index in [0.717, 1.165) is 12.1 Å². The highest BCUT2D eigenvalue weighted by atomic mass is 19.1. The van der Waals surface area contributed by atoms with Crippen molar-refractivity contribution in [2.24, 2.45) is 5.92 Å². The van der Waals surface area contributed by atoms with Crippen LogP contribution in [-0.2, 0) is 27.2 Å². The first kappa shape index (κ1) is 29.1. The Balaban J connectivity index is 2.54. The minimum atomic E-state index is -0.805. The molecule has 8 nitrogen and oxygen atoms in total. The van der Waals surface area contributed by atoms with Gasteiger partial charge in [-0.05, 0) is 37.3 Å². The zero-order chi connectivity index (χ0) is 26.8. The molecular formula is C26H33F2NO7. The van der Waals surface area contributed by atoms with Crippen molar-refractivity contribution >= 4 is 11.8 Å². The number of nitrogens with zero attached hydrogens (tertiary/aromatic N) is 1. The number of hydrogen-bond donors (Lipinski definition) is 0. The minimum absolute atomic E-state index is 0.0468. The van der Waals surface area contributed by atoms with Crippen LogP contribution >= 0.6 is 0 Å². The van der Waals surface area contributed by atoms with E-state index in [1.807, 2.05) is 13.8 Å². The van der Waals surface area contributed by atoms with Crippen LogP contribution in [0.1, 0.15) is 60.0 Å². The summed E-state index contributed by atoms with van der Waals surface area (Å²) in [6.45, 7) is 5.72. The maximum Gasteiger partial charge on any atom is 0.359 e. The van der Waals surface area contributed by atoms with E-state index in [0.29, 0.717) is 6.42 Å². The number of hydrogen-bond acceptors (Lipinski definition) is 7. The molecule has 1 heterocycles. The van der Waals surface area contributed by atoms with E-state index >= 15 is 0 Å². The summed E-state index contributed by atoms with van der Waals surface area (Å²) in [7, 11) is 2.81. The number of ether oxygens (including phenoxy) is 4. The van der Waals surface area contributed by atoms with Gasteiger partial charge in [-0.25, -0.2) is 13.6 Å². The number of Topliss-reactive ketones (excluding diaryl/α,β-unsaturated/α-hetero) is 1. The summed E-state index contributed by atoms with van der Waals surface area (Å²) in [4.78, 5) is 39.3. The van der Waals surface area contributed by atoms with Gasteiger partial charge in [0.1, 0.15) is 11.6 Å². The summed E-state index contributed by atoms with van der Waals surface area (Å²) in [5, 5.41) is 0. The molecule has 0 spiro atoms. The van der Waals surface area contributed by atoms with Crippen LogP contribution in [0.25, 0.3) is 0 Å². The Morgan fingerprint density at radius 1 is 1.11 bits per heavy atom. The molecule has 10 heteroatoms. The number of methoxy groups -OCH3 is 2. The molecule has 0 saturated heterocycles. The van der Waals surface area contributed by atoms with E-state index in [2.05, 4.69) is 0 Å². The first-order valence-electron chi connectivity index (χ1n) is 11.7. The number of halogens is 2. The SMILES string of the molecule is CCOC(=O)c1c(OCCC(C)C)c(=O)c(C(=O)CCc2ccc(F)cc2F)cn1CC(OC)OC. The zero-order valence-electron chi connectivity index (χ0n) is 21.3. The summed E-state index contributed by atoms with van der Waals surface area (Å²) in [6, 6.07) is 3.08. The largest absolute Gasteiger partial charge is 0.487 e. The first-order valence-corrected chi connectivity index (χ1v) is 11.7. The van der Waals surface area contributed by atoms with E-state index in [1.54, 1.807) is 6.92 Å². The molecule has 0 amide bonds. The van der Waals surface area contributed by atoms with E-state index < -0.39 is 35.1 Å². The van der Waals surface area contributed by atoms with Gasteiger partial charge >= 0.3 is 5.97 Å². The number of carbonyl (C=O) groups excluding carboxylic acids is 2. The predicted molar refractivity (Wildman–Crippen MR) is 128 cm³/mol. The molecule has 2 aromatic rings. The van der Waals surface area contributed by atoms with Gasteiger partial charge in [0, 0.05) is 32.9 Å². The van der Waals surface area contributed by atoms with E-state index in [4.69, 9.17) is 18.9 Å². The molecule has 0 aliphatic carbocycles. The van der Waals surface area contributed by atoms with E-state index in [-0.39, 0.29) is 61.1 Å². The Morgan fingerprint density at radius 2 is 1.81 bits per heavy atom. The number of benzene rings is 1. The van der Waals surface area contributed by atoms with Crippen molar-refractivity contribution < 1.29 is 37.3 Å². The van der Waals surface area contributed by atoms with Gasteiger partial charge in [0.2, 0.25) is 5.43 Å². The average molecular weight is 510 g/mol. The number of aromatic nitrogens is 1. The number of pyridine rings is 1. The van der Waals surface area contributed by atoms with Crippen LogP contribution in [0.2, 0.25) is 0 Å². The summed E-state index contributed by atoms with van der Waals surface area (Å²) in [6.07, 6.45) is 0.757.